The lowest BCUT2D eigenvalue weighted by Gasteiger charge is -2.13. The Labute approximate surface area is 197 Å². The summed E-state index contributed by atoms with van der Waals surface area (Å²) in [4.78, 5) is 21.2. The number of carbonyl (C=O) groups is 1. The molecule has 0 fully saturated rings. The van der Waals surface area contributed by atoms with E-state index in [9.17, 15) is 4.79 Å². The highest BCUT2D eigenvalue weighted by molar-refractivity contribution is 6.04. The van der Waals surface area contributed by atoms with Crippen LogP contribution in [0.4, 0.5) is 17.1 Å². The maximum absolute atomic E-state index is 12.7. The van der Waals surface area contributed by atoms with Crippen molar-refractivity contribution in [3.05, 3.63) is 115 Å². The third-order valence-electron chi connectivity index (χ3n) is 5.38. The number of rotatable bonds is 6. The molecule has 2 aromatic heterocycles. The number of hydrogen-bond donors (Lipinski definition) is 2. The van der Waals surface area contributed by atoms with Crippen LogP contribution in [0.3, 0.4) is 0 Å². The zero-order valence-electron chi connectivity index (χ0n) is 18.5. The lowest BCUT2D eigenvalue weighted by atomic mass is 10.1. The van der Waals surface area contributed by atoms with Crippen LogP contribution < -0.4 is 15.4 Å². The number of hydrogen-bond acceptors (Lipinski definition) is 5. The predicted molar refractivity (Wildman–Crippen MR) is 135 cm³/mol. The van der Waals surface area contributed by atoms with Crippen LogP contribution in [-0.2, 0) is 0 Å². The third-order valence-corrected chi connectivity index (χ3v) is 5.38. The van der Waals surface area contributed by atoms with Crippen molar-refractivity contribution >= 4 is 33.9 Å². The van der Waals surface area contributed by atoms with E-state index in [1.165, 1.54) is 0 Å². The number of ether oxygens (including phenoxy) is 1. The first-order valence-corrected chi connectivity index (χ1v) is 10.9. The Bertz CT molecular complexity index is 1430. The maximum Gasteiger partial charge on any atom is 0.255 e. The Morgan fingerprint density at radius 3 is 2.24 bits per heavy atom. The highest BCUT2D eigenvalue weighted by atomic mass is 16.5. The predicted octanol–water partition coefficient (Wildman–Crippen LogP) is 6.73. The van der Waals surface area contributed by atoms with Gasteiger partial charge in [-0.05, 0) is 79.2 Å². The number of benzene rings is 3. The number of aromatic nitrogens is 2. The van der Waals surface area contributed by atoms with Crippen LogP contribution in [0.2, 0.25) is 0 Å². The molecule has 5 rings (SSSR count). The molecule has 0 saturated heterocycles. The average molecular weight is 447 g/mol. The molecule has 0 unspecified atom stereocenters. The van der Waals surface area contributed by atoms with E-state index in [1.807, 2.05) is 73.8 Å². The lowest BCUT2D eigenvalue weighted by molar-refractivity contribution is 0.102. The lowest BCUT2D eigenvalue weighted by Crippen LogP contribution is -2.11. The van der Waals surface area contributed by atoms with Crippen molar-refractivity contribution in [2.45, 2.75) is 6.92 Å². The Kier molecular flexibility index (Phi) is 5.86. The van der Waals surface area contributed by atoms with E-state index in [0.717, 1.165) is 27.8 Å². The summed E-state index contributed by atoms with van der Waals surface area (Å²) in [5, 5.41) is 7.44. The van der Waals surface area contributed by atoms with Gasteiger partial charge in [0.05, 0.1) is 11.2 Å². The molecule has 6 nitrogen and oxygen atoms in total. The minimum Gasteiger partial charge on any atom is -0.457 e. The molecule has 0 aliphatic rings. The van der Waals surface area contributed by atoms with Gasteiger partial charge in [0, 0.05) is 40.9 Å². The van der Waals surface area contributed by atoms with Crippen LogP contribution in [-0.4, -0.2) is 15.9 Å². The smallest absolute Gasteiger partial charge is 0.255 e. The second-order valence-electron chi connectivity index (χ2n) is 7.80. The first-order chi connectivity index (χ1) is 16.7. The molecule has 6 heteroatoms. The number of fused-ring (bicyclic) bond motifs is 1. The van der Waals surface area contributed by atoms with E-state index in [1.54, 1.807) is 36.7 Å². The van der Waals surface area contributed by atoms with E-state index in [4.69, 9.17) is 4.74 Å². The van der Waals surface area contributed by atoms with Crippen molar-refractivity contribution in [2.24, 2.45) is 0 Å². The standard InChI is InChI=1S/C28H22N4O2/c1-19-18-30-26-5-3-2-4-25(26)27(19)31-21-8-6-20(7-9-21)28(33)32-22-10-12-23(13-11-22)34-24-14-16-29-17-15-24/h2-18H,1H3,(H,30,31)(H,32,33). The van der Waals surface area contributed by atoms with E-state index in [2.05, 4.69) is 20.6 Å². The topological polar surface area (TPSA) is 76.1 Å². The van der Waals surface area contributed by atoms with Crippen LogP contribution in [0.1, 0.15) is 15.9 Å². The molecule has 0 radical (unpaired) electrons. The molecule has 0 atom stereocenters. The Balaban J connectivity index is 1.25. The summed E-state index contributed by atoms with van der Waals surface area (Å²) in [6.07, 6.45) is 5.20. The van der Waals surface area contributed by atoms with Gasteiger partial charge in [0.15, 0.2) is 0 Å². The number of pyridine rings is 2. The molecule has 1 amide bonds. The van der Waals surface area contributed by atoms with Gasteiger partial charge in [-0.25, -0.2) is 0 Å². The number of nitrogens with one attached hydrogen (secondary N) is 2. The van der Waals surface area contributed by atoms with Gasteiger partial charge in [0.25, 0.3) is 5.91 Å². The van der Waals surface area contributed by atoms with Crippen LogP contribution in [0.5, 0.6) is 11.5 Å². The molecular weight excluding hydrogens is 424 g/mol. The van der Waals surface area contributed by atoms with Gasteiger partial charge in [-0.1, -0.05) is 18.2 Å². The van der Waals surface area contributed by atoms with Gasteiger partial charge in [0.1, 0.15) is 11.5 Å². The fraction of sp³-hybridized carbons (Fsp3) is 0.0357. The van der Waals surface area contributed by atoms with Gasteiger partial charge in [-0.2, -0.15) is 0 Å². The molecule has 0 bridgehead atoms. The molecule has 0 saturated carbocycles. The van der Waals surface area contributed by atoms with Crippen molar-refractivity contribution in [3.63, 3.8) is 0 Å². The van der Waals surface area contributed by atoms with Gasteiger partial charge >= 0.3 is 0 Å². The molecule has 34 heavy (non-hydrogen) atoms. The SMILES string of the molecule is Cc1cnc2ccccc2c1Nc1ccc(C(=O)Nc2ccc(Oc3ccncc3)cc2)cc1. The summed E-state index contributed by atoms with van der Waals surface area (Å²) in [6, 6.07) is 26.2. The molecular formula is C28H22N4O2. The van der Waals surface area contributed by atoms with E-state index in [0.29, 0.717) is 22.7 Å². The summed E-state index contributed by atoms with van der Waals surface area (Å²) in [7, 11) is 0. The summed E-state index contributed by atoms with van der Waals surface area (Å²) < 4.78 is 5.76. The summed E-state index contributed by atoms with van der Waals surface area (Å²) in [6.45, 7) is 2.02. The fourth-order valence-electron chi connectivity index (χ4n) is 3.61. The number of anilines is 3. The molecule has 0 aliphatic heterocycles. The Morgan fingerprint density at radius 1 is 0.794 bits per heavy atom. The zero-order valence-corrected chi connectivity index (χ0v) is 18.5. The number of para-hydroxylation sites is 1. The van der Waals surface area contributed by atoms with Crippen LogP contribution in [0, 0.1) is 6.92 Å². The Hall–Kier alpha value is -4.71. The fourth-order valence-corrected chi connectivity index (χ4v) is 3.61. The molecule has 5 aromatic rings. The maximum atomic E-state index is 12.7. The second kappa shape index (κ2) is 9.42. The van der Waals surface area contributed by atoms with Gasteiger partial charge in [-0.15, -0.1) is 0 Å². The number of carbonyl (C=O) groups excluding carboxylic acids is 1. The molecule has 2 heterocycles. The number of aryl methyl sites for hydroxylation is 1. The average Bonchev–Trinajstić information content (AvgIpc) is 2.88. The second-order valence-corrected chi connectivity index (χ2v) is 7.80. The van der Waals surface area contributed by atoms with Crippen molar-refractivity contribution < 1.29 is 9.53 Å². The van der Waals surface area contributed by atoms with Gasteiger partial charge < -0.3 is 15.4 Å². The summed E-state index contributed by atoms with van der Waals surface area (Å²) >= 11 is 0. The molecule has 0 aliphatic carbocycles. The Morgan fingerprint density at radius 2 is 1.47 bits per heavy atom. The first kappa shape index (κ1) is 21.2. The largest absolute Gasteiger partial charge is 0.457 e. The highest BCUT2D eigenvalue weighted by Crippen LogP contribution is 2.29. The van der Waals surface area contributed by atoms with Crippen molar-refractivity contribution in [2.75, 3.05) is 10.6 Å². The molecule has 166 valence electrons. The van der Waals surface area contributed by atoms with Crippen molar-refractivity contribution in [3.8, 4) is 11.5 Å². The molecule has 0 spiro atoms. The first-order valence-electron chi connectivity index (χ1n) is 10.9. The van der Waals surface area contributed by atoms with E-state index in [-0.39, 0.29) is 5.91 Å². The highest BCUT2D eigenvalue weighted by Gasteiger charge is 2.09. The van der Waals surface area contributed by atoms with E-state index >= 15 is 0 Å². The minimum absolute atomic E-state index is 0.181. The molecule has 3 aromatic carbocycles. The third kappa shape index (κ3) is 4.71. The minimum atomic E-state index is -0.181. The quantitative estimate of drug-likeness (QED) is 0.303. The van der Waals surface area contributed by atoms with Crippen LogP contribution in [0.15, 0.2) is 104 Å². The summed E-state index contributed by atoms with van der Waals surface area (Å²) in [5.41, 5.74) is 5.15. The van der Waals surface area contributed by atoms with Gasteiger partial charge in [0.2, 0.25) is 0 Å². The number of nitrogens with zero attached hydrogens (tertiary/aromatic N) is 2. The normalized spacial score (nSPS) is 10.6. The zero-order chi connectivity index (χ0) is 23.3. The van der Waals surface area contributed by atoms with Gasteiger partial charge in [-0.3, -0.25) is 14.8 Å². The van der Waals surface area contributed by atoms with E-state index < -0.39 is 0 Å². The van der Waals surface area contributed by atoms with Crippen molar-refractivity contribution in [1.82, 2.24) is 9.97 Å². The summed E-state index contributed by atoms with van der Waals surface area (Å²) in [5.74, 6) is 1.20. The molecule has 2 N–H and O–H groups in total. The van der Waals surface area contributed by atoms with Crippen molar-refractivity contribution in [1.29, 1.82) is 0 Å². The van der Waals surface area contributed by atoms with Crippen LogP contribution in [0.25, 0.3) is 10.9 Å². The number of amides is 1. The monoisotopic (exact) mass is 446 g/mol. The van der Waals surface area contributed by atoms with Crippen LogP contribution >= 0.6 is 0 Å².